The molecule has 0 aliphatic carbocycles. The first kappa shape index (κ1) is 18.3. The minimum absolute atomic E-state index is 0.00719. The van der Waals surface area contributed by atoms with E-state index in [1.54, 1.807) is 18.2 Å². The Morgan fingerprint density at radius 2 is 1.78 bits per heavy atom. The number of phenolic OH excluding ortho intramolecular Hbond substituents is 2. The zero-order chi connectivity index (χ0) is 19.2. The molecule has 0 unspecified atom stereocenters. The van der Waals surface area contributed by atoms with E-state index >= 15 is 0 Å². The van der Waals surface area contributed by atoms with E-state index < -0.39 is 0 Å². The molecule has 0 saturated carbocycles. The second-order valence-electron chi connectivity index (χ2n) is 6.06. The summed E-state index contributed by atoms with van der Waals surface area (Å²) in [5, 5.41) is 20.5. The highest BCUT2D eigenvalue weighted by Gasteiger charge is 2.09. The summed E-state index contributed by atoms with van der Waals surface area (Å²) in [5.74, 6) is 0.449. The van der Waals surface area contributed by atoms with Gasteiger partial charge >= 0.3 is 0 Å². The van der Waals surface area contributed by atoms with Crippen molar-refractivity contribution in [3.8, 4) is 28.4 Å². The topological polar surface area (TPSA) is 62.1 Å². The molecule has 136 valence electrons. The Morgan fingerprint density at radius 1 is 1.00 bits per heavy atom. The van der Waals surface area contributed by atoms with E-state index in [1.165, 1.54) is 13.3 Å². The van der Waals surface area contributed by atoms with Crippen molar-refractivity contribution in [2.75, 3.05) is 7.11 Å². The third-order valence-corrected chi connectivity index (χ3v) is 4.19. The number of hydrogen-bond acceptors (Lipinski definition) is 4. The molecule has 0 aliphatic heterocycles. The van der Waals surface area contributed by atoms with Crippen LogP contribution in [-0.4, -0.2) is 23.5 Å². The lowest BCUT2D eigenvalue weighted by atomic mass is 10.0. The first-order valence-electron chi connectivity index (χ1n) is 8.55. The molecule has 0 aliphatic rings. The average Bonchev–Trinajstić information content (AvgIpc) is 2.70. The summed E-state index contributed by atoms with van der Waals surface area (Å²) < 4.78 is 5.23. The van der Waals surface area contributed by atoms with E-state index in [9.17, 15) is 10.2 Å². The van der Waals surface area contributed by atoms with Gasteiger partial charge in [-0.15, -0.1) is 6.58 Å². The van der Waals surface area contributed by atoms with Crippen LogP contribution in [0, 0.1) is 0 Å². The Bertz CT molecular complexity index is 978. The first-order chi connectivity index (χ1) is 13.1. The number of phenols is 2. The van der Waals surface area contributed by atoms with Crippen LogP contribution in [0.25, 0.3) is 11.1 Å². The number of hydrogen-bond donors (Lipinski definition) is 2. The molecule has 3 aromatic carbocycles. The summed E-state index contributed by atoms with van der Waals surface area (Å²) in [6, 6.07) is 18.7. The summed E-state index contributed by atoms with van der Waals surface area (Å²) in [4.78, 5) is 4.38. The summed E-state index contributed by atoms with van der Waals surface area (Å²) in [7, 11) is 1.50. The maximum Gasteiger partial charge on any atom is 0.166 e. The van der Waals surface area contributed by atoms with Crippen LogP contribution >= 0.6 is 0 Å². The Labute approximate surface area is 158 Å². The van der Waals surface area contributed by atoms with Gasteiger partial charge in [-0.3, -0.25) is 4.99 Å². The van der Waals surface area contributed by atoms with E-state index in [2.05, 4.69) is 11.6 Å². The molecule has 0 radical (unpaired) electrons. The van der Waals surface area contributed by atoms with Gasteiger partial charge in [0.15, 0.2) is 11.5 Å². The lowest BCUT2D eigenvalue weighted by Crippen LogP contribution is -1.93. The molecule has 3 rings (SSSR count). The van der Waals surface area contributed by atoms with Crippen molar-refractivity contribution in [1.82, 2.24) is 0 Å². The third kappa shape index (κ3) is 4.18. The molecular weight excluding hydrogens is 338 g/mol. The Kier molecular flexibility index (Phi) is 5.57. The second-order valence-corrected chi connectivity index (χ2v) is 6.06. The van der Waals surface area contributed by atoms with Crippen LogP contribution in [0.2, 0.25) is 0 Å². The van der Waals surface area contributed by atoms with Crippen molar-refractivity contribution in [2.24, 2.45) is 4.99 Å². The number of aromatic hydroxyl groups is 2. The maximum absolute atomic E-state index is 10.4. The Hall–Kier alpha value is -3.53. The van der Waals surface area contributed by atoms with Crippen molar-refractivity contribution in [1.29, 1.82) is 0 Å². The van der Waals surface area contributed by atoms with Gasteiger partial charge in [0.05, 0.1) is 7.11 Å². The quantitative estimate of drug-likeness (QED) is 0.466. The fraction of sp³-hybridized carbons (Fsp3) is 0.0870. The summed E-state index contributed by atoms with van der Waals surface area (Å²) in [5.41, 5.74) is 3.86. The van der Waals surface area contributed by atoms with Gasteiger partial charge < -0.3 is 14.9 Å². The summed E-state index contributed by atoms with van der Waals surface area (Å²) in [6.07, 6.45) is 3.95. The molecule has 0 heterocycles. The molecular formula is C23H21NO3. The fourth-order valence-corrected chi connectivity index (χ4v) is 2.80. The van der Waals surface area contributed by atoms with Crippen LogP contribution < -0.4 is 4.74 Å². The van der Waals surface area contributed by atoms with Crippen molar-refractivity contribution in [3.05, 3.63) is 84.4 Å². The number of aliphatic imine (C=N–C) groups is 1. The molecule has 27 heavy (non-hydrogen) atoms. The molecule has 4 nitrogen and oxygen atoms in total. The maximum atomic E-state index is 10.4. The van der Waals surface area contributed by atoms with E-state index in [-0.39, 0.29) is 11.5 Å². The molecule has 0 saturated heterocycles. The average molecular weight is 359 g/mol. The summed E-state index contributed by atoms with van der Waals surface area (Å²) >= 11 is 0. The van der Waals surface area contributed by atoms with Crippen LogP contribution in [0.4, 0.5) is 5.69 Å². The van der Waals surface area contributed by atoms with Gasteiger partial charge in [-0.2, -0.15) is 0 Å². The van der Waals surface area contributed by atoms with E-state index in [0.29, 0.717) is 23.4 Å². The Balaban J connectivity index is 1.99. The van der Waals surface area contributed by atoms with Crippen LogP contribution in [0.15, 0.2) is 78.3 Å². The molecule has 3 aromatic rings. The Morgan fingerprint density at radius 3 is 2.48 bits per heavy atom. The summed E-state index contributed by atoms with van der Waals surface area (Å²) in [6.45, 7) is 3.74. The molecule has 0 bridgehead atoms. The highest BCUT2D eigenvalue weighted by molar-refractivity contribution is 5.88. The van der Waals surface area contributed by atoms with Gasteiger partial charge in [-0.05, 0) is 47.4 Å². The number of methoxy groups -OCH3 is 1. The van der Waals surface area contributed by atoms with Crippen molar-refractivity contribution in [3.63, 3.8) is 0 Å². The van der Waals surface area contributed by atoms with Gasteiger partial charge in [0.1, 0.15) is 11.4 Å². The predicted molar refractivity (Wildman–Crippen MR) is 109 cm³/mol. The van der Waals surface area contributed by atoms with Crippen LogP contribution in [0.5, 0.6) is 17.2 Å². The molecule has 0 amide bonds. The predicted octanol–water partition coefficient (Wildman–Crippen LogP) is 5.25. The number of allylic oxidation sites excluding steroid dienone is 1. The molecule has 0 fully saturated rings. The second kappa shape index (κ2) is 8.23. The lowest BCUT2D eigenvalue weighted by Gasteiger charge is -2.09. The number of ether oxygens (including phenoxy) is 1. The highest BCUT2D eigenvalue weighted by atomic mass is 16.5. The van der Waals surface area contributed by atoms with Crippen LogP contribution in [-0.2, 0) is 6.42 Å². The van der Waals surface area contributed by atoms with Crippen molar-refractivity contribution in [2.45, 2.75) is 6.42 Å². The van der Waals surface area contributed by atoms with Gasteiger partial charge in [-0.25, -0.2) is 0 Å². The SMILES string of the molecule is C=CCc1cc(C=Nc2cc(-c3ccccc3)ccc2O)c(O)c(OC)c1. The lowest BCUT2D eigenvalue weighted by molar-refractivity contribution is 0.372. The zero-order valence-electron chi connectivity index (χ0n) is 15.1. The monoisotopic (exact) mass is 359 g/mol. The van der Waals surface area contributed by atoms with Crippen molar-refractivity contribution >= 4 is 11.9 Å². The van der Waals surface area contributed by atoms with E-state index in [1.807, 2.05) is 48.5 Å². The molecule has 0 aromatic heterocycles. The third-order valence-electron chi connectivity index (χ3n) is 4.19. The minimum Gasteiger partial charge on any atom is -0.506 e. The fourth-order valence-electron chi connectivity index (χ4n) is 2.80. The largest absolute Gasteiger partial charge is 0.506 e. The molecule has 4 heteroatoms. The minimum atomic E-state index is 0.00719. The standard InChI is InChI=1S/C23H21NO3/c1-3-7-16-12-19(23(26)22(13-16)27-2)15-24-20-14-18(10-11-21(20)25)17-8-5-4-6-9-17/h3-6,8-15,25-26H,1,7H2,2H3. The zero-order valence-corrected chi connectivity index (χ0v) is 15.1. The number of rotatable bonds is 6. The normalized spacial score (nSPS) is 10.9. The van der Waals surface area contributed by atoms with Gasteiger partial charge in [-0.1, -0.05) is 42.5 Å². The molecule has 0 atom stereocenters. The molecule has 0 spiro atoms. The first-order valence-corrected chi connectivity index (χ1v) is 8.55. The van der Waals surface area contributed by atoms with Crippen molar-refractivity contribution < 1.29 is 14.9 Å². The number of benzene rings is 3. The molecule has 2 N–H and O–H groups in total. The van der Waals surface area contributed by atoms with E-state index in [4.69, 9.17) is 4.74 Å². The van der Waals surface area contributed by atoms with E-state index in [0.717, 1.165) is 16.7 Å². The highest BCUT2D eigenvalue weighted by Crippen LogP contribution is 2.34. The van der Waals surface area contributed by atoms with Crippen LogP contribution in [0.1, 0.15) is 11.1 Å². The van der Waals surface area contributed by atoms with Crippen LogP contribution in [0.3, 0.4) is 0 Å². The van der Waals surface area contributed by atoms with Gasteiger partial charge in [0.25, 0.3) is 0 Å². The van der Waals surface area contributed by atoms with Gasteiger partial charge in [0.2, 0.25) is 0 Å². The van der Waals surface area contributed by atoms with Gasteiger partial charge in [0, 0.05) is 11.8 Å². The smallest absolute Gasteiger partial charge is 0.166 e. The number of nitrogens with zero attached hydrogens (tertiary/aromatic N) is 1.